The number of hydrogen-bond acceptors (Lipinski definition) is 7. The fourth-order valence-corrected chi connectivity index (χ4v) is 6.28. The number of ether oxygens (including phenoxy) is 3. The van der Waals surface area contributed by atoms with Crippen LogP contribution in [0.5, 0.6) is 17.2 Å². The number of aromatic nitrogens is 2. The van der Waals surface area contributed by atoms with Crippen LogP contribution < -0.4 is 24.8 Å². The minimum Gasteiger partial charge on any atom is -0.493 e. The van der Waals surface area contributed by atoms with Gasteiger partial charge in [-0.2, -0.15) is 0 Å². The van der Waals surface area contributed by atoms with Gasteiger partial charge in [0.2, 0.25) is 11.7 Å². The van der Waals surface area contributed by atoms with Crippen molar-refractivity contribution in [3.63, 3.8) is 0 Å². The van der Waals surface area contributed by atoms with Gasteiger partial charge >= 0.3 is 0 Å². The predicted octanol–water partition coefficient (Wildman–Crippen LogP) is 6.04. The second-order valence-corrected chi connectivity index (χ2v) is 11.5. The monoisotopic (exact) mass is 611 g/mol. The summed E-state index contributed by atoms with van der Waals surface area (Å²) in [6.45, 7) is 10.0. The van der Waals surface area contributed by atoms with Crippen LogP contribution in [0.1, 0.15) is 46.7 Å². The van der Waals surface area contributed by atoms with Gasteiger partial charge in [-0.15, -0.1) is 6.58 Å². The number of benzene rings is 3. The molecule has 1 aliphatic rings. The number of fused-ring (bicyclic) bond motifs is 1. The van der Waals surface area contributed by atoms with E-state index in [0.29, 0.717) is 41.0 Å². The van der Waals surface area contributed by atoms with Crippen LogP contribution in [-0.2, 0) is 6.54 Å². The molecule has 1 amide bonds. The molecule has 4 aromatic rings. The molecule has 1 saturated heterocycles. The molecule has 0 aliphatic carbocycles. The molecule has 9 nitrogen and oxygen atoms in total. The molecule has 0 spiro atoms. The van der Waals surface area contributed by atoms with Crippen LogP contribution in [0.3, 0.4) is 0 Å². The number of imidazole rings is 1. The van der Waals surface area contributed by atoms with Crippen LogP contribution in [0.4, 0.5) is 5.95 Å². The summed E-state index contributed by atoms with van der Waals surface area (Å²) >= 11 is 0. The molecule has 45 heavy (non-hydrogen) atoms. The predicted molar refractivity (Wildman–Crippen MR) is 180 cm³/mol. The summed E-state index contributed by atoms with van der Waals surface area (Å²) in [5.41, 5.74) is 4.56. The number of amides is 1. The van der Waals surface area contributed by atoms with E-state index in [1.54, 1.807) is 27.4 Å². The van der Waals surface area contributed by atoms with Gasteiger partial charge in [-0.3, -0.25) is 4.79 Å². The normalized spacial score (nSPS) is 14.6. The van der Waals surface area contributed by atoms with Gasteiger partial charge in [-0.05, 0) is 56.5 Å². The van der Waals surface area contributed by atoms with Crippen molar-refractivity contribution in [1.29, 1.82) is 0 Å². The third-order valence-corrected chi connectivity index (χ3v) is 8.78. The Kier molecular flexibility index (Phi) is 10.6. The molecule has 9 heteroatoms. The van der Waals surface area contributed by atoms with Crippen LogP contribution in [0.25, 0.3) is 11.0 Å². The van der Waals surface area contributed by atoms with E-state index in [2.05, 4.69) is 69.1 Å². The molecule has 1 fully saturated rings. The Bertz CT molecular complexity index is 1590. The zero-order valence-electron chi connectivity index (χ0n) is 26.8. The number of rotatable bonds is 14. The van der Waals surface area contributed by atoms with Crippen LogP contribution in [-0.4, -0.2) is 73.9 Å². The van der Waals surface area contributed by atoms with Crippen molar-refractivity contribution in [3.05, 3.63) is 90.0 Å². The molecule has 0 bridgehead atoms. The highest BCUT2D eigenvalue weighted by Crippen LogP contribution is 2.41. The lowest BCUT2D eigenvalue weighted by Crippen LogP contribution is -2.40. The lowest BCUT2D eigenvalue weighted by molar-refractivity contribution is 0.0948. The Hall–Kier alpha value is -4.50. The highest BCUT2D eigenvalue weighted by molar-refractivity contribution is 5.97. The molecule has 1 atom stereocenters. The first-order valence-electron chi connectivity index (χ1n) is 15.6. The van der Waals surface area contributed by atoms with E-state index < -0.39 is 0 Å². The van der Waals surface area contributed by atoms with Crippen molar-refractivity contribution in [2.24, 2.45) is 0 Å². The Morgan fingerprint density at radius 1 is 1.02 bits per heavy atom. The summed E-state index contributed by atoms with van der Waals surface area (Å²) in [6.07, 6.45) is 4.94. The van der Waals surface area contributed by atoms with Crippen LogP contribution in [0.15, 0.2) is 73.3 Å². The van der Waals surface area contributed by atoms with Gasteiger partial charge in [-0.25, -0.2) is 4.98 Å². The Balaban J connectivity index is 1.20. The standard InChI is InChI=1S/C36H45N5O4/c1-6-19-41-31-15-11-10-14-30(31)39-36(41)38-28-17-21-40(22-18-28)20-16-27(26-12-8-7-9-13-26)24-37-35(42)29-23-32(43-3)34(45-5)33(44-4)25(29)2/h6-15,23,27-28H,1,16-22,24H2,2-5H3,(H,37,42)(H,38,39). The van der Waals surface area contributed by atoms with E-state index in [-0.39, 0.29) is 11.8 Å². The Morgan fingerprint density at radius 3 is 2.42 bits per heavy atom. The molecule has 1 aromatic heterocycles. The van der Waals surface area contributed by atoms with Crippen molar-refractivity contribution in [1.82, 2.24) is 19.8 Å². The Morgan fingerprint density at radius 2 is 1.73 bits per heavy atom. The Labute approximate surface area is 266 Å². The summed E-state index contributed by atoms with van der Waals surface area (Å²) in [5, 5.41) is 6.91. The van der Waals surface area contributed by atoms with E-state index in [1.807, 2.05) is 25.1 Å². The van der Waals surface area contributed by atoms with E-state index in [1.165, 1.54) is 5.56 Å². The van der Waals surface area contributed by atoms with Crippen LogP contribution in [0, 0.1) is 6.92 Å². The quantitative estimate of drug-likeness (QED) is 0.168. The average molecular weight is 612 g/mol. The van der Waals surface area contributed by atoms with Crippen LogP contribution in [0.2, 0.25) is 0 Å². The minimum atomic E-state index is -0.165. The fourth-order valence-electron chi connectivity index (χ4n) is 6.28. The lowest BCUT2D eigenvalue weighted by atomic mass is 9.94. The molecule has 1 aliphatic heterocycles. The SMILES string of the molecule is C=CCn1c(NC2CCN(CCC(CNC(=O)c3cc(OC)c(OC)c(OC)c3C)c3ccccc3)CC2)nc2ccccc21. The number of nitrogens with zero attached hydrogens (tertiary/aromatic N) is 3. The van der Waals surface area contributed by atoms with Gasteiger partial charge in [0.05, 0.1) is 32.4 Å². The number of para-hydroxylation sites is 2. The molecular formula is C36H45N5O4. The van der Waals surface area contributed by atoms with Gasteiger partial charge in [0.15, 0.2) is 11.5 Å². The first-order chi connectivity index (χ1) is 22.0. The number of methoxy groups -OCH3 is 3. The maximum Gasteiger partial charge on any atom is 0.251 e. The molecule has 0 saturated carbocycles. The number of hydrogen-bond donors (Lipinski definition) is 2. The van der Waals surface area contributed by atoms with Crippen molar-refractivity contribution in [2.75, 3.05) is 52.8 Å². The number of piperidine rings is 1. The fraction of sp³-hybridized carbons (Fsp3) is 0.389. The highest BCUT2D eigenvalue weighted by atomic mass is 16.5. The molecule has 2 N–H and O–H groups in total. The third-order valence-electron chi connectivity index (χ3n) is 8.78. The maximum atomic E-state index is 13.5. The van der Waals surface area contributed by atoms with E-state index >= 15 is 0 Å². The largest absolute Gasteiger partial charge is 0.493 e. The van der Waals surface area contributed by atoms with Crippen molar-refractivity contribution < 1.29 is 19.0 Å². The smallest absolute Gasteiger partial charge is 0.251 e. The third kappa shape index (κ3) is 7.26. The second kappa shape index (κ2) is 15.0. The van der Waals surface area contributed by atoms with Gasteiger partial charge in [0.1, 0.15) is 0 Å². The number of anilines is 1. The summed E-state index contributed by atoms with van der Waals surface area (Å²) in [7, 11) is 4.68. The molecule has 2 heterocycles. The first-order valence-corrected chi connectivity index (χ1v) is 15.6. The number of carbonyl (C=O) groups excluding carboxylic acids is 1. The van der Waals surface area contributed by atoms with Gasteiger partial charge in [-0.1, -0.05) is 48.5 Å². The van der Waals surface area contributed by atoms with Crippen LogP contribution >= 0.6 is 0 Å². The van der Waals surface area contributed by atoms with E-state index in [4.69, 9.17) is 19.2 Å². The first kappa shape index (κ1) is 31.9. The summed E-state index contributed by atoms with van der Waals surface area (Å²) < 4.78 is 18.7. The highest BCUT2D eigenvalue weighted by Gasteiger charge is 2.25. The summed E-state index contributed by atoms with van der Waals surface area (Å²) in [5.74, 6) is 2.36. The number of allylic oxidation sites excluding steroid dienone is 1. The molecule has 238 valence electrons. The molecule has 3 aromatic carbocycles. The molecule has 1 unspecified atom stereocenters. The minimum absolute atomic E-state index is 0.165. The molecule has 0 radical (unpaired) electrons. The number of nitrogens with one attached hydrogen (secondary N) is 2. The van der Waals surface area contributed by atoms with Gasteiger partial charge in [0, 0.05) is 49.3 Å². The molecule has 5 rings (SSSR count). The van der Waals surface area contributed by atoms with E-state index in [0.717, 1.165) is 62.4 Å². The zero-order valence-corrected chi connectivity index (χ0v) is 26.8. The zero-order chi connectivity index (χ0) is 31.8. The number of carbonyl (C=O) groups is 1. The maximum absolute atomic E-state index is 13.5. The second-order valence-electron chi connectivity index (χ2n) is 11.5. The van der Waals surface area contributed by atoms with Crippen molar-refractivity contribution in [2.45, 2.75) is 44.7 Å². The molecular weight excluding hydrogens is 566 g/mol. The summed E-state index contributed by atoms with van der Waals surface area (Å²) in [4.78, 5) is 20.9. The number of likely N-dealkylation sites (tertiary alicyclic amines) is 1. The average Bonchev–Trinajstić information content (AvgIpc) is 3.42. The van der Waals surface area contributed by atoms with Gasteiger partial charge in [0.25, 0.3) is 5.91 Å². The topological polar surface area (TPSA) is 89.9 Å². The van der Waals surface area contributed by atoms with E-state index in [9.17, 15) is 4.79 Å². The van der Waals surface area contributed by atoms with Crippen molar-refractivity contribution >= 4 is 22.9 Å². The van der Waals surface area contributed by atoms with Gasteiger partial charge < -0.3 is 34.3 Å². The van der Waals surface area contributed by atoms with Crippen molar-refractivity contribution in [3.8, 4) is 17.2 Å². The lowest BCUT2D eigenvalue weighted by Gasteiger charge is -2.33. The summed E-state index contributed by atoms with van der Waals surface area (Å²) in [6, 6.07) is 20.8.